The van der Waals surface area contributed by atoms with Gasteiger partial charge in [-0.2, -0.15) is 0 Å². The van der Waals surface area contributed by atoms with E-state index < -0.39 is 0 Å². The van der Waals surface area contributed by atoms with Crippen molar-refractivity contribution < 1.29 is 4.42 Å². The molecule has 0 aromatic carbocycles. The Balaban J connectivity index is 1.98. The van der Waals surface area contributed by atoms with E-state index in [4.69, 9.17) is 4.42 Å². The molecule has 3 heteroatoms. The van der Waals surface area contributed by atoms with Gasteiger partial charge in [-0.3, -0.25) is 0 Å². The van der Waals surface area contributed by atoms with Crippen LogP contribution in [-0.4, -0.2) is 4.98 Å². The summed E-state index contributed by atoms with van der Waals surface area (Å²) in [4.78, 5) is 4.38. The molecule has 0 amide bonds. The monoisotopic (exact) mass is 291 g/mol. The van der Waals surface area contributed by atoms with E-state index in [1.54, 1.807) is 11.3 Å². The molecule has 2 aromatic heterocycles. The zero-order valence-electron chi connectivity index (χ0n) is 13.2. The molecule has 0 bridgehead atoms. The third-order valence-corrected chi connectivity index (χ3v) is 3.97. The number of hydrogen-bond acceptors (Lipinski definition) is 3. The summed E-state index contributed by atoms with van der Waals surface area (Å²) in [6.07, 6.45) is 4.82. The summed E-state index contributed by atoms with van der Waals surface area (Å²) in [5.74, 6) is 2.18. The molecule has 2 rings (SSSR count). The number of hydrogen-bond donors (Lipinski definition) is 0. The molecule has 2 nitrogen and oxygen atoms in total. The minimum Gasteiger partial charge on any atom is -0.466 e. The topological polar surface area (TPSA) is 26.0 Å². The van der Waals surface area contributed by atoms with E-state index in [1.807, 2.05) is 11.6 Å². The average molecular weight is 291 g/mol. The largest absolute Gasteiger partial charge is 0.466 e. The fourth-order valence-electron chi connectivity index (χ4n) is 2.42. The Kier molecular flexibility index (Phi) is 4.38. The lowest BCUT2D eigenvalue weighted by atomic mass is 9.85. The van der Waals surface area contributed by atoms with E-state index in [0.717, 1.165) is 30.8 Å². The maximum Gasteiger partial charge on any atom is 0.104 e. The van der Waals surface area contributed by atoms with Gasteiger partial charge in [-0.15, -0.1) is 11.3 Å². The Morgan fingerprint density at radius 1 is 1.00 bits per heavy atom. The van der Waals surface area contributed by atoms with Crippen molar-refractivity contribution in [1.29, 1.82) is 0 Å². The highest BCUT2D eigenvalue weighted by atomic mass is 32.1. The molecule has 0 saturated heterocycles. The number of furan rings is 1. The third kappa shape index (κ3) is 4.78. The molecule has 2 heterocycles. The van der Waals surface area contributed by atoms with Crippen molar-refractivity contribution in [2.75, 3.05) is 0 Å². The highest BCUT2D eigenvalue weighted by Gasteiger charge is 2.23. The van der Waals surface area contributed by atoms with Gasteiger partial charge in [-0.05, 0) is 23.0 Å². The van der Waals surface area contributed by atoms with Gasteiger partial charge in [0.05, 0.1) is 5.01 Å². The molecule has 0 saturated carbocycles. The van der Waals surface area contributed by atoms with Gasteiger partial charge >= 0.3 is 0 Å². The summed E-state index contributed by atoms with van der Waals surface area (Å²) < 4.78 is 6.00. The van der Waals surface area contributed by atoms with Crippen LogP contribution in [0.5, 0.6) is 0 Å². The van der Waals surface area contributed by atoms with Crippen molar-refractivity contribution in [3.63, 3.8) is 0 Å². The van der Waals surface area contributed by atoms with E-state index in [1.165, 1.54) is 5.01 Å². The van der Waals surface area contributed by atoms with Gasteiger partial charge < -0.3 is 4.42 Å². The van der Waals surface area contributed by atoms with E-state index in [0.29, 0.717) is 0 Å². The molecule has 0 fully saturated rings. The molecule has 110 valence electrons. The van der Waals surface area contributed by atoms with Crippen LogP contribution in [0.3, 0.4) is 0 Å². The molecule has 0 unspecified atom stereocenters. The van der Waals surface area contributed by atoms with Gasteiger partial charge in [0.1, 0.15) is 11.5 Å². The molecule has 0 N–H and O–H groups in total. The number of rotatable bonds is 5. The highest BCUT2D eigenvalue weighted by Crippen LogP contribution is 2.29. The lowest BCUT2D eigenvalue weighted by Gasteiger charge is -2.22. The van der Waals surface area contributed by atoms with Crippen LogP contribution < -0.4 is 0 Å². The van der Waals surface area contributed by atoms with Crippen molar-refractivity contribution >= 4 is 11.3 Å². The van der Waals surface area contributed by atoms with Gasteiger partial charge in [0.15, 0.2) is 0 Å². The fourth-order valence-corrected chi connectivity index (χ4v) is 3.29. The maximum atomic E-state index is 6.00. The summed E-state index contributed by atoms with van der Waals surface area (Å²) in [5, 5.41) is 3.25. The molecule has 0 atom stereocenters. The van der Waals surface area contributed by atoms with Crippen LogP contribution in [0, 0.1) is 10.8 Å². The lowest BCUT2D eigenvalue weighted by molar-refractivity contribution is 0.306. The Hall–Kier alpha value is -1.09. The van der Waals surface area contributed by atoms with Crippen molar-refractivity contribution in [1.82, 2.24) is 4.98 Å². The van der Waals surface area contributed by atoms with Gasteiger partial charge in [0, 0.05) is 30.8 Å². The fraction of sp³-hybridized carbons (Fsp3) is 0.588. The van der Waals surface area contributed by atoms with Crippen molar-refractivity contribution in [2.45, 2.75) is 53.9 Å². The summed E-state index contributed by atoms with van der Waals surface area (Å²) in [6, 6.07) is 4.25. The first-order valence-corrected chi connectivity index (χ1v) is 8.07. The van der Waals surface area contributed by atoms with Crippen LogP contribution in [0.1, 0.15) is 51.1 Å². The quantitative estimate of drug-likeness (QED) is 0.762. The predicted molar refractivity (Wildman–Crippen MR) is 85.2 cm³/mol. The second-order valence-electron chi connectivity index (χ2n) is 7.55. The number of nitrogens with zero attached hydrogens (tertiary/aromatic N) is 1. The first kappa shape index (κ1) is 15.3. The SMILES string of the molecule is CC(C)(C)Cc1ccc(CC(C)(C)Cc2nccs2)o1. The zero-order chi connectivity index (χ0) is 14.8. The number of aromatic nitrogens is 1. The van der Waals surface area contributed by atoms with Crippen LogP contribution in [0.15, 0.2) is 28.1 Å². The molecule has 0 spiro atoms. The summed E-state index contributed by atoms with van der Waals surface area (Å²) in [7, 11) is 0. The Labute approximate surface area is 126 Å². The summed E-state index contributed by atoms with van der Waals surface area (Å²) in [6.45, 7) is 11.3. The second-order valence-corrected chi connectivity index (χ2v) is 8.53. The molecule has 0 radical (unpaired) electrons. The van der Waals surface area contributed by atoms with Crippen molar-refractivity contribution in [2.24, 2.45) is 10.8 Å². The third-order valence-electron chi connectivity index (χ3n) is 3.19. The first-order chi connectivity index (χ1) is 9.23. The van der Waals surface area contributed by atoms with Gasteiger partial charge in [-0.25, -0.2) is 4.98 Å². The second kappa shape index (κ2) is 5.72. The summed E-state index contributed by atoms with van der Waals surface area (Å²) in [5.41, 5.74) is 0.445. The van der Waals surface area contributed by atoms with E-state index >= 15 is 0 Å². The van der Waals surface area contributed by atoms with E-state index in [9.17, 15) is 0 Å². The molecule has 20 heavy (non-hydrogen) atoms. The van der Waals surface area contributed by atoms with Crippen LogP contribution in [-0.2, 0) is 19.3 Å². The van der Waals surface area contributed by atoms with Gasteiger partial charge in [0.25, 0.3) is 0 Å². The maximum absolute atomic E-state index is 6.00. The highest BCUT2D eigenvalue weighted by molar-refractivity contribution is 7.09. The Bertz CT molecular complexity index is 532. The first-order valence-electron chi connectivity index (χ1n) is 7.20. The predicted octanol–water partition coefficient (Wildman–Crippen LogP) is 5.14. The van der Waals surface area contributed by atoms with Crippen LogP contribution in [0.4, 0.5) is 0 Å². The van der Waals surface area contributed by atoms with Crippen molar-refractivity contribution in [3.8, 4) is 0 Å². The Morgan fingerprint density at radius 2 is 1.65 bits per heavy atom. The lowest BCUT2D eigenvalue weighted by Crippen LogP contribution is -2.18. The molecule has 0 aliphatic carbocycles. The number of thiazole rings is 1. The standard InChI is InChI=1S/C17H25NOS/c1-16(2,3)10-13-6-7-14(19-13)11-17(4,5)12-15-18-8-9-20-15/h6-9H,10-12H2,1-5H3. The van der Waals surface area contributed by atoms with Crippen molar-refractivity contribution in [3.05, 3.63) is 40.2 Å². The average Bonchev–Trinajstić information content (AvgIpc) is 2.87. The van der Waals surface area contributed by atoms with Crippen LogP contribution in [0.25, 0.3) is 0 Å². The molecule has 2 aromatic rings. The normalized spacial score (nSPS) is 12.8. The smallest absolute Gasteiger partial charge is 0.104 e. The zero-order valence-corrected chi connectivity index (χ0v) is 14.0. The minimum absolute atomic E-state index is 0.175. The van der Waals surface area contributed by atoms with Crippen LogP contribution >= 0.6 is 11.3 Å². The minimum atomic E-state index is 0.175. The molecular formula is C17H25NOS. The molecule has 0 aliphatic rings. The van der Waals surface area contributed by atoms with E-state index in [-0.39, 0.29) is 10.8 Å². The molecule has 0 aliphatic heterocycles. The summed E-state index contributed by atoms with van der Waals surface area (Å²) >= 11 is 1.73. The van der Waals surface area contributed by atoms with Gasteiger partial charge in [0.2, 0.25) is 0 Å². The molecular weight excluding hydrogens is 266 g/mol. The Morgan fingerprint density at radius 3 is 2.20 bits per heavy atom. The van der Waals surface area contributed by atoms with Gasteiger partial charge in [-0.1, -0.05) is 34.6 Å². The van der Waals surface area contributed by atoms with E-state index in [2.05, 4.69) is 51.7 Å². The van der Waals surface area contributed by atoms with Crippen LogP contribution in [0.2, 0.25) is 0 Å².